The molecule has 23 heavy (non-hydrogen) atoms. The summed E-state index contributed by atoms with van der Waals surface area (Å²) in [5.74, 6) is 0.0488. The van der Waals surface area contributed by atoms with Crippen LogP contribution < -0.4 is 4.74 Å². The van der Waals surface area contributed by atoms with Gasteiger partial charge in [0.2, 0.25) is 0 Å². The number of rotatable bonds is 5. The first kappa shape index (κ1) is 19.4. The van der Waals surface area contributed by atoms with Crippen molar-refractivity contribution in [3.05, 3.63) is 30.3 Å². The molecule has 0 spiro atoms. The summed E-state index contributed by atoms with van der Waals surface area (Å²) in [6, 6.07) is 7.06. The van der Waals surface area contributed by atoms with Crippen molar-refractivity contribution in [2.75, 3.05) is 13.2 Å². The smallest absolute Gasteiger partial charge is 0.435 e. The highest BCUT2D eigenvalue weighted by molar-refractivity contribution is 5.20. The van der Waals surface area contributed by atoms with Crippen molar-refractivity contribution in [2.45, 2.75) is 24.1 Å². The lowest BCUT2D eigenvalue weighted by Gasteiger charge is -2.37. The van der Waals surface area contributed by atoms with Crippen LogP contribution in [0.5, 0.6) is 5.75 Å². The number of para-hydroxylation sites is 1. The standard InChI is InChI=1S/C12H9F9O2/c13-10(14,15)9(11(16,17)18,12(19,20)21)23-7-6-22-8-4-2-1-3-5-8/h1-5H,6-7H2. The highest BCUT2D eigenvalue weighted by Gasteiger charge is 2.85. The molecule has 0 fully saturated rings. The first-order chi connectivity index (χ1) is 10.3. The maximum absolute atomic E-state index is 12.5. The van der Waals surface area contributed by atoms with E-state index in [4.69, 9.17) is 4.74 Å². The van der Waals surface area contributed by atoms with Crippen LogP contribution in [0, 0.1) is 0 Å². The van der Waals surface area contributed by atoms with Gasteiger partial charge >= 0.3 is 24.1 Å². The molecule has 132 valence electrons. The second-order valence-corrected chi connectivity index (χ2v) is 4.18. The van der Waals surface area contributed by atoms with Gasteiger partial charge in [-0.2, -0.15) is 39.5 Å². The molecule has 0 heterocycles. The zero-order valence-electron chi connectivity index (χ0n) is 11.0. The first-order valence-electron chi connectivity index (χ1n) is 5.85. The summed E-state index contributed by atoms with van der Waals surface area (Å²) in [5, 5.41) is 0. The Morgan fingerprint density at radius 1 is 0.652 bits per heavy atom. The van der Waals surface area contributed by atoms with Crippen molar-refractivity contribution in [3.8, 4) is 5.75 Å². The summed E-state index contributed by atoms with van der Waals surface area (Å²) in [5.41, 5.74) is -6.27. The minimum Gasteiger partial charge on any atom is -0.491 e. The fourth-order valence-electron chi connectivity index (χ4n) is 1.60. The van der Waals surface area contributed by atoms with Crippen LogP contribution >= 0.6 is 0 Å². The van der Waals surface area contributed by atoms with E-state index in [1.54, 1.807) is 6.07 Å². The molecule has 1 aromatic rings. The van der Waals surface area contributed by atoms with E-state index in [1.165, 1.54) is 24.3 Å². The average molecular weight is 356 g/mol. The molecule has 11 heteroatoms. The van der Waals surface area contributed by atoms with E-state index in [-0.39, 0.29) is 5.75 Å². The Hall–Kier alpha value is -1.65. The minimum atomic E-state index is -6.74. The molecular weight excluding hydrogens is 347 g/mol. The molecule has 0 saturated heterocycles. The molecule has 1 rings (SSSR count). The van der Waals surface area contributed by atoms with Gasteiger partial charge in [0.25, 0.3) is 0 Å². The number of halogens is 9. The van der Waals surface area contributed by atoms with Crippen LogP contribution in [0.3, 0.4) is 0 Å². The Kier molecular flexibility index (Phi) is 5.45. The van der Waals surface area contributed by atoms with E-state index in [9.17, 15) is 39.5 Å². The molecule has 0 atom stereocenters. The molecule has 0 saturated carbocycles. The Morgan fingerprint density at radius 3 is 1.48 bits per heavy atom. The summed E-state index contributed by atoms with van der Waals surface area (Å²) in [6.07, 6.45) is -20.2. The Bertz CT molecular complexity index is 454. The molecule has 0 unspecified atom stereocenters. The van der Waals surface area contributed by atoms with Crippen LogP contribution in [0.25, 0.3) is 0 Å². The van der Waals surface area contributed by atoms with Gasteiger partial charge in [0.1, 0.15) is 12.4 Å². The molecular formula is C12H9F9O2. The lowest BCUT2D eigenvalue weighted by atomic mass is 10.0. The SMILES string of the molecule is FC(F)(F)C(OCCOc1ccccc1)(C(F)(F)F)C(F)(F)F. The van der Waals surface area contributed by atoms with Crippen molar-refractivity contribution in [1.29, 1.82) is 0 Å². The van der Waals surface area contributed by atoms with Gasteiger partial charge in [0, 0.05) is 0 Å². The van der Waals surface area contributed by atoms with E-state index >= 15 is 0 Å². The normalized spacial score (nSPS) is 14.0. The first-order valence-corrected chi connectivity index (χ1v) is 5.85. The molecule has 0 bridgehead atoms. The third-order valence-electron chi connectivity index (χ3n) is 2.61. The van der Waals surface area contributed by atoms with Gasteiger partial charge in [-0.15, -0.1) is 0 Å². The van der Waals surface area contributed by atoms with Gasteiger partial charge in [-0.3, -0.25) is 0 Å². The summed E-state index contributed by atoms with van der Waals surface area (Å²) in [7, 11) is 0. The van der Waals surface area contributed by atoms with Crippen molar-refractivity contribution in [3.63, 3.8) is 0 Å². The molecule has 2 nitrogen and oxygen atoms in total. The fraction of sp³-hybridized carbons (Fsp3) is 0.500. The third-order valence-corrected chi connectivity index (χ3v) is 2.61. The van der Waals surface area contributed by atoms with Crippen molar-refractivity contribution in [2.24, 2.45) is 0 Å². The molecule has 0 aliphatic rings. The monoisotopic (exact) mass is 356 g/mol. The quantitative estimate of drug-likeness (QED) is 0.571. The lowest BCUT2D eigenvalue weighted by molar-refractivity contribution is -0.457. The Labute approximate surface area is 123 Å². The van der Waals surface area contributed by atoms with Crippen LogP contribution in [-0.2, 0) is 4.74 Å². The largest absolute Gasteiger partial charge is 0.491 e. The van der Waals surface area contributed by atoms with Gasteiger partial charge in [-0.05, 0) is 12.1 Å². The van der Waals surface area contributed by atoms with E-state index in [2.05, 4.69) is 4.74 Å². The number of ether oxygens (including phenoxy) is 2. The predicted molar refractivity (Wildman–Crippen MR) is 58.8 cm³/mol. The molecule has 0 radical (unpaired) electrons. The highest BCUT2D eigenvalue weighted by Crippen LogP contribution is 2.54. The minimum absolute atomic E-state index is 0.0488. The van der Waals surface area contributed by atoms with E-state index < -0.39 is 37.3 Å². The molecule has 0 aliphatic carbocycles. The van der Waals surface area contributed by atoms with Crippen LogP contribution in [-0.4, -0.2) is 37.3 Å². The maximum Gasteiger partial charge on any atom is 0.435 e. The van der Waals surface area contributed by atoms with E-state index in [0.717, 1.165) is 0 Å². The second kappa shape index (κ2) is 6.46. The van der Waals surface area contributed by atoms with Crippen LogP contribution in [0.4, 0.5) is 39.5 Å². The molecule has 0 N–H and O–H groups in total. The van der Waals surface area contributed by atoms with E-state index in [0.29, 0.717) is 0 Å². The number of alkyl halides is 9. The van der Waals surface area contributed by atoms with Crippen LogP contribution in [0.2, 0.25) is 0 Å². The maximum atomic E-state index is 12.5. The van der Waals surface area contributed by atoms with Crippen molar-refractivity contribution in [1.82, 2.24) is 0 Å². The second-order valence-electron chi connectivity index (χ2n) is 4.18. The Balaban J connectivity index is 2.90. The molecule has 0 aromatic heterocycles. The molecule has 1 aromatic carbocycles. The van der Waals surface area contributed by atoms with Crippen LogP contribution in [0.15, 0.2) is 30.3 Å². The summed E-state index contributed by atoms with van der Waals surface area (Å²) in [6.45, 7) is -2.51. The molecule has 0 amide bonds. The number of benzene rings is 1. The van der Waals surface area contributed by atoms with Crippen LogP contribution in [0.1, 0.15) is 0 Å². The van der Waals surface area contributed by atoms with Gasteiger partial charge in [-0.1, -0.05) is 18.2 Å². The van der Waals surface area contributed by atoms with Gasteiger partial charge < -0.3 is 9.47 Å². The highest BCUT2D eigenvalue weighted by atomic mass is 19.4. The summed E-state index contributed by atoms with van der Waals surface area (Å²) in [4.78, 5) is 0. The molecule has 0 aliphatic heterocycles. The van der Waals surface area contributed by atoms with Gasteiger partial charge in [0.05, 0.1) is 6.61 Å². The zero-order chi connectivity index (χ0) is 17.9. The van der Waals surface area contributed by atoms with Gasteiger partial charge in [-0.25, -0.2) is 0 Å². The summed E-state index contributed by atoms with van der Waals surface area (Å²) < 4.78 is 121. The topological polar surface area (TPSA) is 18.5 Å². The van der Waals surface area contributed by atoms with Gasteiger partial charge in [0.15, 0.2) is 0 Å². The number of hydrogen-bond acceptors (Lipinski definition) is 2. The average Bonchev–Trinajstić information content (AvgIpc) is 2.35. The van der Waals surface area contributed by atoms with E-state index in [1.807, 2.05) is 0 Å². The Morgan fingerprint density at radius 2 is 1.09 bits per heavy atom. The third kappa shape index (κ3) is 4.01. The fourth-order valence-corrected chi connectivity index (χ4v) is 1.60. The summed E-state index contributed by atoms with van der Waals surface area (Å²) >= 11 is 0. The lowest BCUT2D eigenvalue weighted by Crippen LogP contribution is -2.68. The van der Waals surface area contributed by atoms with Crippen molar-refractivity contribution < 1.29 is 49.0 Å². The van der Waals surface area contributed by atoms with Crippen molar-refractivity contribution >= 4 is 0 Å². The number of hydrogen-bond donors (Lipinski definition) is 0. The predicted octanol–water partition coefficient (Wildman–Crippen LogP) is 4.51. The zero-order valence-corrected chi connectivity index (χ0v) is 11.0.